The van der Waals surface area contributed by atoms with Crippen molar-refractivity contribution in [3.63, 3.8) is 0 Å². The van der Waals surface area contributed by atoms with Crippen LogP contribution in [-0.4, -0.2) is 31.4 Å². The minimum absolute atomic E-state index is 0.213. The Morgan fingerprint density at radius 1 is 1.24 bits per heavy atom. The van der Waals surface area contributed by atoms with Gasteiger partial charge in [0.05, 0.1) is 36.6 Å². The van der Waals surface area contributed by atoms with Gasteiger partial charge in [-0.1, -0.05) is 37.3 Å². The van der Waals surface area contributed by atoms with Crippen LogP contribution in [0.3, 0.4) is 0 Å². The Morgan fingerprint density at radius 3 is 2.68 bits per heavy atom. The van der Waals surface area contributed by atoms with Crippen LogP contribution in [0.4, 0.5) is 0 Å². The number of thiazole rings is 1. The first kappa shape index (κ1) is 24.0. The van der Waals surface area contributed by atoms with Crippen LogP contribution in [0.25, 0.3) is 6.08 Å². The third kappa shape index (κ3) is 4.58. The highest BCUT2D eigenvalue weighted by Crippen LogP contribution is 2.33. The molecule has 3 heterocycles. The van der Waals surface area contributed by atoms with Crippen molar-refractivity contribution < 1.29 is 19.0 Å². The van der Waals surface area contributed by atoms with Crippen molar-refractivity contribution in [1.82, 2.24) is 4.57 Å². The average molecular weight is 499 g/mol. The SMILES string of the molecule is COC(=O)C1=C(C)N=c2sc(=Cc3ccc(OCC(C)C)c(OC)c3)c(=O)n2C1c1cccs1. The zero-order valence-electron chi connectivity index (χ0n) is 19.7. The number of carbonyl (C=O) groups is 1. The summed E-state index contributed by atoms with van der Waals surface area (Å²) >= 11 is 2.77. The van der Waals surface area contributed by atoms with E-state index in [-0.39, 0.29) is 5.56 Å². The molecule has 0 saturated carbocycles. The van der Waals surface area contributed by atoms with Gasteiger partial charge in [-0.3, -0.25) is 9.36 Å². The molecule has 2 aromatic heterocycles. The highest BCUT2D eigenvalue weighted by molar-refractivity contribution is 7.10. The van der Waals surface area contributed by atoms with Crippen LogP contribution in [0.15, 0.2) is 56.8 Å². The van der Waals surface area contributed by atoms with Crippen molar-refractivity contribution in [2.75, 3.05) is 20.8 Å². The summed E-state index contributed by atoms with van der Waals surface area (Å²) in [6.45, 7) is 6.51. The second-order valence-corrected chi connectivity index (χ2v) is 10.2. The van der Waals surface area contributed by atoms with Gasteiger partial charge in [0.1, 0.15) is 6.04 Å². The van der Waals surface area contributed by atoms with Crippen molar-refractivity contribution in [3.8, 4) is 11.5 Å². The number of carbonyl (C=O) groups excluding carboxylic acids is 1. The Bertz CT molecular complexity index is 1410. The summed E-state index contributed by atoms with van der Waals surface area (Å²) in [5.74, 6) is 1.16. The van der Waals surface area contributed by atoms with E-state index in [1.165, 1.54) is 29.8 Å². The fourth-order valence-electron chi connectivity index (χ4n) is 3.71. The summed E-state index contributed by atoms with van der Waals surface area (Å²) in [5.41, 5.74) is 1.51. The highest BCUT2D eigenvalue weighted by atomic mass is 32.1. The van der Waals surface area contributed by atoms with Gasteiger partial charge in [0.15, 0.2) is 16.3 Å². The van der Waals surface area contributed by atoms with Gasteiger partial charge < -0.3 is 14.2 Å². The Labute approximate surface area is 205 Å². The topological polar surface area (TPSA) is 79.1 Å². The summed E-state index contributed by atoms with van der Waals surface area (Å²) in [7, 11) is 2.93. The number of hydrogen-bond acceptors (Lipinski definition) is 8. The number of methoxy groups -OCH3 is 2. The molecule has 0 aliphatic carbocycles. The van der Waals surface area contributed by atoms with Crippen LogP contribution >= 0.6 is 22.7 Å². The maximum Gasteiger partial charge on any atom is 0.338 e. The van der Waals surface area contributed by atoms with Crippen LogP contribution in [0.1, 0.15) is 37.3 Å². The molecule has 0 bridgehead atoms. The van der Waals surface area contributed by atoms with Gasteiger partial charge >= 0.3 is 5.97 Å². The highest BCUT2D eigenvalue weighted by Gasteiger charge is 2.33. The summed E-state index contributed by atoms with van der Waals surface area (Å²) in [6.07, 6.45) is 1.81. The lowest BCUT2D eigenvalue weighted by atomic mass is 10.0. The van der Waals surface area contributed by atoms with E-state index in [1.807, 2.05) is 35.7 Å². The van der Waals surface area contributed by atoms with Crippen LogP contribution in [-0.2, 0) is 9.53 Å². The largest absolute Gasteiger partial charge is 0.493 e. The minimum Gasteiger partial charge on any atom is -0.493 e. The lowest BCUT2D eigenvalue weighted by molar-refractivity contribution is -0.136. The standard InChI is InChI=1S/C25H26N2O5S2/c1-14(2)13-32-17-9-8-16(11-18(17)30-4)12-20-23(28)27-22(19-7-6-10-33-19)21(24(29)31-5)15(3)26-25(27)34-20/h6-12,14,22H,13H2,1-5H3. The van der Waals surface area contributed by atoms with E-state index < -0.39 is 12.0 Å². The average Bonchev–Trinajstić information content (AvgIpc) is 3.45. The quantitative estimate of drug-likeness (QED) is 0.466. The molecule has 178 valence electrons. The van der Waals surface area contributed by atoms with Crippen LogP contribution in [0.2, 0.25) is 0 Å². The van der Waals surface area contributed by atoms with Crippen molar-refractivity contribution in [2.24, 2.45) is 10.9 Å². The van der Waals surface area contributed by atoms with Gasteiger partial charge in [-0.15, -0.1) is 11.3 Å². The van der Waals surface area contributed by atoms with E-state index in [1.54, 1.807) is 24.7 Å². The second kappa shape index (κ2) is 9.99. The molecule has 1 aliphatic heterocycles. The van der Waals surface area contributed by atoms with Gasteiger partial charge in [0.2, 0.25) is 0 Å². The summed E-state index contributed by atoms with van der Waals surface area (Å²) < 4.78 is 18.4. The molecule has 1 aromatic carbocycles. The molecule has 0 radical (unpaired) electrons. The molecule has 0 saturated heterocycles. The van der Waals surface area contributed by atoms with E-state index in [0.717, 1.165) is 10.4 Å². The zero-order chi connectivity index (χ0) is 24.4. The fraction of sp³-hybridized carbons (Fsp3) is 0.320. The third-order valence-electron chi connectivity index (χ3n) is 5.30. The summed E-state index contributed by atoms with van der Waals surface area (Å²) in [6, 6.07) is 8.81. The molecule has 1 unspecified atom stereocenters. The van der Waals surface area contributed by atoms with Gasteiger partial charge in [-0.2, -0.15) is 0 Å². The van der Waals surface area contributed by atoms with E-state index in [9.17, 15) is 9.59 Å². The number of allylic oxidation sites excluding steroid dienone is 1. The molecule has 1 aliphatic rings. The Balaban J connectivity index is 1.82. The number of hydrogen-bond donors (Lipinski definition) is 0. The number of rotatable bonds is 7. The lowest BCUT2D eigenvalue weighted by Crippen LogP contribution is -2.39. The first-order chi connectivity index (χ1) is 16.3. The van der Waals surface area contributed by atoms with Gasteiger partial charge in [0.25, 0.3) is 5.56 Å². The minimum atomic E-state index is -0.577. The first-order valence-electron chi connectivity index (χ1n) is 10.8. The summed E-state index contributed by atoms with van der Waals surface area (Å²) in [5, 5.41) is 1.92. The predicted octanol–water partition coefficient (Wildman–Crippen LogP) is 3.51. The van der Waals surface area contributed by atoms with Gasteiger partial charge in [-0.25, -0.2) is 9.79 Å². The van der Waals surface area contributed by atoms with Crippen LogP contribution in [0.5, 0.6) is 11.5 Å². The molecular weight excluding hydrogens is 472 g/mol. The molecule has 7 nitrogen and oxygen atoms in total. The number of fused-ring (bicyclic) bond motifs is 1. The number of esters is 1. The monoisotopic (exact) mass is 498 g/mol. The molecule has 34 heavy (non-hydrogen) atoms. The molecule has 0 fully saturated rings. The Kier molecular flexibility index (Phi) is 7.04. The fourth-order valence-corrected chi connectivity index (χ4v) is 5.58. The maximum atomic E-state index is 13.5. The predicted molar refractivity (Wildman–Crippen MR) is 133 cm³/mol. The smallest absolute Gasteiger partial charge is 0.338 e. The molecule has 0 amide bonds. The van der Waals surface area contributed by atoms with Gasteiger partial charge in [-0.05, 0) is 48.1 Å². The molecule has 9 heteroatoms. The number of aromatic nitrogens is 1. The van der Waals surface area contributed by atoms with Crippen LogP contribution < -0.4 is 24.4 Å². The third-order valence-corrected chi connectivity index (χ3v) is 7.20. The second-order valence-electron chi connectivity index (χ2n) is 8.20. The molecule has 1 atom stereocenters. The van der Waals surface area contributed by atoms with Crippen molar-refractivity contribution in [3.05, 3.63) is 77.1 Å². The van der Waals surface area contributed by atoms with E-state index in [0.29, 0.717) is 44.6 Å². The van der Waals surface area contributed by atoms with Crippen molar-refractivity contribution in [2.45, 2.75) is 26.8 Å². The number of thiophene rings is 1. The van der Waals surface area contributed by atoms with Gasteiger partial charge in [0, 0.05) is 4.88 Å². The number of benzene rings is 1. The molecule has 0 N–H and O–H groups in total. The van der Waals surface area contributed by atoms with Crippen molar-refractivity contribution >= 4 is 34.7 Å². The maximum absolute atomic E-state index is 13.5. The Hall–Kier alpha value is -3.17. The number of nitrogens with zero attached hydrogens (tertiary/aromatic N) is 2. The normalized spacial score (nSPS) is 15.8. The Morgan fingerprint density at radius 2 is 2.03 bits per heavy atom. The molecule has 4 rings (SSSR count). The molecular formula is C25H26N2O5S2. The zero-order valence-corrected chi connectivity index (χ0v) is 21.3. The summed E-state index contributed by atoms with van der Waals surface area (Å²) in [4.78, 5) is 32.1. The van der Waals surface area contributed by atoms with E-state index in [2.05, 4.69) is 18.8 Å². The van der Waals surface area contributed by atoms with E-state index >= 15 is 0 Å². The molecule has 3 aromatic rings. The lowest BCUT2D eigenvalue weighted by Gasteiger charge is -2.22. The number of ether oxygens (including phenoxy) is 3. The van der Waals surface area contributed by atoms with Crippen LogP contribution in [0, 0.1) is 5.92 Å². The van der Waals surface area contributed by atoms with E-state index in [4.69, 9.17) is 14.2 Å². The van der Waals surface area contributed by atoms with Crippen molar-refractivity contribution in [1.29, 1.82) is 0 Å². The molecule has 0 spiro atoms. The first-order valence-corrected chi connectivity index (χ1v) is 12.5.